The Morgan fingerprint density at radius 3 is 1.60 bits per heavy atom. The highest BCUT2D eigenvalue weighted by Gasteiger charge is 2.31. The zero-order valence-electron chi connectivity index (χ0n) is 25.3. The van der Waals surface area contributed by atoms with Crippen molar-refractivity contribution in [2.45, 2.75) is 17.9 Å². The molecule has 0 radical (unpaired) electrons. The fourth-order valence-electron chi connectivity index (χ4n) is 7.22. The monoisotopic (exact) mass is 618 g/mol. The van der Waals surface area contributed by atoms with Crippen molar-refractivity contribution in [1.29, 1.82) is 0 Å². The van der Waals surface area contributed by atoms with Gasteiger partial charge in [-0.2, -0.15) is 0 Å². The third kappa shape index (κ3) is 4.88. The molecule has 230 valence electrons. The second-order valence-corrected chi connectivity index (χ2v) is 11.9. The van der Waals surface area contributed by atoms with Crippen molar-refractivity contribution in [3.05, 3.63) is 155 Å². The summed E-state index contributed by atoms with van der Waals surface area (Å²) in [5.74, 6) is -0.205. The van der Waals surface area contributed by atoms with Crippen molar-refractivity contribution < 1.29 is 23.9 Å². The highest BCUT2D eigenvalue weighted by Crippen LogP contribution is 2.45. The number of alkyl carbamates (subject to hydrolysis) is 1. The van der Waals surface area contributed by atoms with Crippen LogP contribution >= 0.6 is 0 Å². The molecule has 1 N–H and O–H groups in total. The van der Waals surface area contributed by atoms with Gasteiger partial charge in [0, 0.05) is 29.0 Å². The van der Waals surface area contributed by atoms with Gasteiger partial charge in [-0.05, 0) is 50.6 Å². The third-order valence-corrected chi connectivity index (χ3v) is 9.36. The number of benzene rings is 5. The highest BCUT2D eigenvalue weighted by molar-refractivity contribution is 5.94. The van der Waals surface area contributed by atoms with Crippen LogP contribution in [0.1, 0.15) is 45.7 Å². The molecule has 7 nitrogen and oxygen atoms in total. The van der Waals surface area contributed by atoms with Crippen molar-refractivity contribution in [3.8, 4) is 22.3 Å². The second-order valence-electron chi connectivity index (χ2n) is 11.9. The summed E-state index contributed by atoms with van der Waals surface area (Å²) in [4.78, 5) is 39.1. The number of ether oxygens (including phenoxy) is 2. The Balaban J connectivity index is 0.997. The number of amides is 1. The van der Waals surface area contributed by atoms with Gasteiger partial charge in [-0.25, -0.2) is 9.59 Å². The van der Waals surface area contributed by atoms with Gasteiger partial charge in [-0.3, -0.25) is 4.57 Å². The number of aromatic nitrogens is 1. The van der Waals surface area contributed by atoms with Crippen LogP contribution in [0, 0.1) is 0 Å². The predicted molar refractivity (Wildman–Crippen MR) is 179 cm³/mol. The number of hydrogen-bond acceptors (Lipinski definition) is 5. The van der Waals surface area contributed by atoms with Crippen molar-refractivity contribution in [2.24, 2.45) is 0 Å². The zero-order valence-corrected chi connectivity index (χ0v) is 25.3. The molecule has 0 bridgehead atoms. The maximum atomic E-state index is 13.6. The van der Waals surface area contributed by atoms with Crippen LogP contribution in [-0.2, 0) is 14.3 Å². The van der Waals surface area contributed by atoms with Crippen molar-refractivity contribution in [2.75, 3.05) is 13.2 Å². The fourth-order valence-corrected chi connectivity index (χ4v) is 7.22. The van der Waals surface area contributed by atoms with E-state index in [9.17, 15) is 14.4 Å². The van der Waals surface area contributed by atoms with Crippen LogP contribution in [-0.4, -0.2) is 36.3 Å². The van der Waals surface area contributed by atoms with Crippen molar-refractivity contribution in [1.82, 2.24) is 9.88 Å². The number of para-hydroxylation sites is 1. The van der Waals surface area contributed by atoms with Crippen LogP contribution in [0.25, 0.3) is 33.2 Å². The summed E-state index contributed by atoms with van der Waals surface area (Å²) in [6, 6.07) is 38.7. The van der Waals surface area contributed by atoms with E-state index < -0.39 is 18.2 Å². The van der Waals surface area contributed by atoms with Gasteiger partial charge in [0.25, 0.3) is 0 Å². The van der Waals surface area contributed by atoms with E-state index in [0.717, 1.165) is 44.5 Å². The molecule has 8 rings (SSSR count). The predicted octanol–water partition coefficient (Wildman–Crippen LogP) is 8.22. The fraction of sp³-hybridized carbons (Fsp3) is 0.125. The molecule has 1 amide bonds. The van der Waals surface area contributed by atoms with Gasteiger partial charge in [-0.1, -0.05) is 115 Å². The number of nitrogens with one attached hydrogen (secondary N) is 1. The van der Waals surface area contributed by atoms with Crippen LogP contribution < -0.4 is 5.32 Å². The summed E-state index contributed by atoms with van der Waals surface area (Å²) >= 11 is 0. The van der Waals surface area contributed by atoms with Gasteiger partial charge >= 0.3 is 12.2 Å². The maximum absolute atomic E-state index is 13.6. The molecule has 1 aromatic heterocycles. The van der Waals surface area contributed by atoms with E-state index in [-0.39, 0.29) is 25.0 Å². The topological polar surface area (TPSA) is 86.6 Å². The Morgan fingerprint density at radius 1 is 0.638 bits per heavy atom. The summed E-state index contributed by atoms with van der Waals surface area (Å²) < 4.78 is 13.0. The quantitative estimate of drug-likeness (QED) is 0.182. The molecule has 47 heavy (non-hydrogen) atoms. The lowest BCUT2D eigenvalue weighted by atomic mass is 9.98. The van der Waals surface area contributed by atoms with Crippen LogP contribution in [0.5, 0.6) is 0 Å². The van der Waals surface area contributed by atoms with E-state index >= 15 is 0 Å². The summed E-state index contributed by atoms with van der Waals surface area (Å²) in [6.45, 7) is 0.275. The second kappa shape index (κ2) is 11.8. The molecule has 0 aliphatic heterocycles. The molecule has 2 aliphatic carbocycles. The lowest BCUT2D eigenvalue weighted by molar-refractivity contribution is -0.109. The van der Waals surface area contributed by atoms with E-state index in [1.807, 2.05) is 78.9 Å². The lowest BCUT2D eigenvalue weighted by Crippen LogP contribution is -2.31. The van der Waals surface area contributed by atoms with E-state index in [0.29, 0.717) is 22.8 Å². The highest BCUT2D eigenvalue weighted by atomic mass is 16.6. The van der Waals surface area contributed by atoms with Gasteiger partial charge in [0.2, 0.25) is 0 Å². The van der Waals surface area contributed by atoms with Crippen molar-refractivity contribution in [3.63, 3.8) is 0 Å². The molecule has 5 aromatic carbocycles. The summed E-state index contributed by atoms with van der Waals surface area (Å²) in [7, 11) is 0. The van der Waals surface area contributed by atoms with E-state index in [1.165, 1.54) is 4.57 Å². The maximum Gasteiger partial charge on any atom is 0.418 e. The van der Waals surface area contributed by atoms with Gasteiger partial charge in [-0.15, -0.1) is 0 Å². The molecule has 0 fully saturated rings. The number of carbonyl (C=O) groups is 3. The van der Waals surface area contributed by atoms with Crippen LogP contribution in [0.4, 0.5) is 9.59 Å². The normalized spacial score (nSPS) is 13.7. The summed E-state index contributed by atoms with van der Waals surface area (Å²) in [5, 5.41) is 3.35. The number of aldehydes is 1. The average molecular weight is 619 g/mol. The van der Waals surface area contributed by atoms with Gasteiger partial charge in [0.15, 0.2) is 0 Å². The number of fused-ring (bicyclic) bond motifs is 7. The SMILES string of the molecule is O=CC(NC(=O)OCC1c2ccccc2-c2ccccc21)c1cn(C(=O)OCC2c3ccccc3-c3ccccc32)c2ccccc12. The minimum Gasteiger partial charge on any atom is -0.449 e. The average Bonchev–Trinajstić information content (AvgIpc) is 3.77. The van der Waals surface area contributed by atoms with Crippen LogP contribution in [0.2, 0.25) is 0 Å². The first-order valence-corrected chi connectivity index (χ1v) is 15.6. The molecular formula is C40H30N2O5. The van der Waals surface area contributed by atoms with E-state index in [4.69, 9.17) is 9.47 Å². The number of nitrogens with zero attached hydrogens (tertiary/aromatic N) is 1. The standard InChI is InChI=1S/C40H30N2O5/c43-22-37(41-39(44)46-23-35-29-15-5-1-11-25(29)26-12-2-6-16-30(26)35)34-21-42(38-20-10-9-19-33(34)38)40(45)47-24-36-31-17-7-3-13-27(31)28-14-4-8-18-32(28)36/h1-22,35-37H,23-24H2,(H,41,44). The first-order chi connectivity index (χ1) is 23.1. The smallest absolute Gasteiger partial charge is 0.418 e. The Morgan fingerprint density at radius 2 is 1.09 bits per heavy atom. The number of hydrogen-bond donors (Lipinski definition) is 1. The molecule has 1 atom stereocenters. The van der Waals surface area contributed by atoms with E-state index in [2.05, 4.69) is 41.7 Å². The summed E-state index contributed by atoms with van der Waals surface area (Å²) in [5.41, 5.74) is 10.0. The molecule has 0 spiro atoms. The Hall–Kier alpha value is -5.95. The molecule has 1 unspecified atom stereocenters. The number of carbonyl (C=O) groups excluding carboxylic acids is 3. The first kappa shape index (κ1) is 28.5. The molecule has 7 heteroatoms. The van der Waals surface area contributed by atoms with Crippen LogP contribution in [0.3, 0.4) is 0 Å². The van der Waals surface area contributed by atoms with E-state index in [1.54, 1.807) is 12.3 Å². The third-order valence-electron chi connectivity index (χ3n) is 9.36. The van der Waals surface area contributed by atoms with Gasteiger partial charge in [0.05, 0.1) is 5.52 Å². The Labute approximate surface area is 271 Å². The van der Waals surface area contributed by atoms with Crippen LogP contribution in [0.15, 0.2) is 128 Å². The molecular weight excluding hydrogens is 588 g/mol. The number of rotatable bonds is 7. The molecule has 6 aromatic rings. The first-order valence-electron chi connectivity index (χ1n) is 15.6. The molecule has 0 saturated carbocycles. The van der Waals surface area contributed by atoms with Gasteiger partial charge < -0.3 is 19.6 Å². The van der Waals surface area contributed by atoms with Gasteiger partial charge in [0.1, 0.15) is 25.5 Å². The molecule has 1 heterocycles. The zero-order chi connectivity index (χ0) is 31.9. The minimum atomic E-state index is -1.04. The van der Waals surface area contributed by atoms with Crippen molar-refractivity contribution >= 4 is 29.4 Å². The lowest BCUT2D eigenvalue weighted by Gasteiger charge is -2.16. The summed E-state index contributed by atoms with van der Waals surface area (Å²) in [6.07, 6.45) is 0.916. The molecule has 2 aliphatic rings. The Bertz CT molecular complexity index is 2090. The molecule has 0 saturated heterocycles. The largest absolute Gasteiger partial charge is 0.449 e. The minimum absolute atomic E-state index is 0.0920. The Kier molecular flexibility index (Phi) is 7.14.